The second kappa shape index (κ2) is 7.58. The SMILES string of the molecule is COc1cc(NC(=O)CCc2cccn2C)cc(OC)c1OC. The van der Waals surface area contributed by atoms with Crippen LogP contribution >= 0.6 is 0 Å². The normalized spacial score (nSPS) is 10.3. The molecule has 0 radical (unpaired) electrons. The lowest BCUT2D eigenvalue weighted by Crippen LogP contribution is -2.13. The summed E-state index contributed by atoms with van der Waals surface area (Å²) in [5.41, 5.74) is 1.72. The monoisotopic (exact) mass is 318 g/mol. The van der Waals surface area contributed by atoms with E-state index in [-0.39, 0.29) is 5.91 Å². The Morgan fingerprint density at radius 3 is 2.26 bits per heavy atom. The van der Waals surface area contributed by atoms with Gasteiger partial charge in [-0.2, -0.15) is 0 Å². The molecule has 2 rings (SSSR count). The predicted molar refractivity (Wildman–Crippen MR) is 88.5 cm³/mol. The molecule has 1 N–H and O–H groups in total. The fourth-order valence-corrected chi connectivity index (χ4v) is 2.37. The topological polar surface area (TPSA) is 61.7 Å². The van der Waals surface area contributed by atoms with Gasteiger partial charge in [0.25, 0.3) is 0 Å². The number of nitrogens with one attached hydrogen (secondary N) is 1. The quantitative estimate of drug-likeness (QED) is 0.852. The van der Waals surface area contributed by atoms with Crippen LogP contribution in [0.15, 0.2) is 30.5 Å². The van der Waals surface area contributed by atoms with Crippen LogP contribution in [0.25, 0.3) is 0 Å². The van der Waals surface area contributed by atoms with Crippen LogP contribution in [-0.2, 0) is 18.3 Å². The van der Waals surface area contributed by atoms with Crippen molar-refractivity contribution < 1.29 is 19.0 Å². The number of hydrogen-bond donors (Lipinski definition) is 1. The predicted octanol–water partition coefficient (Wildman–Crippen LogP) is 2.62. The lowest BCUT2D eigenvalue weighted by atomic mass is 10.2. The van der Waals surface area contributed by atoms with Crippen LogP contribution in [0.1, 0.15) is 12.1 Å². The van der Waals surface area contributed by atoms with Crippen molar-refractivity contribution in [2.45, 2.75) is 12.8 Å². The molecule has 2 aromatic rings. The van der Waals surface area contributed by atoms with Crippen LogP contribution in [0.3, 0.4) is 0 Å². The van der Waals surface area contributed by atoms with Crippen LogP contribution in [-0.4, -0.2) is 31.8 Å². The minimum absolute atomic E-state index is 0.0690. The Bertz CT molecular complexity index is 654. The summed E-state index contributed by atoms with van der Waals surface area (Å²) in [6, 6.07) is 7.39. The first kappa shape index (κ1) is 16.7. The van der Waals surface area contributed by atoms with E-state index in [4.69, 9.17) is 14.2 Å². The van der Waals surface area contributed by atoms with Crippen molar-refractivity contribution in [2.75, 3.05) is 26.6 Å². The van der Waals surface area contributed by atoms with Crippen molar-refractivity contribution in [3.63, 3.8) is 0 Å². The second-order valence-corrected chi connectivity index (χ2v) is 5.07. The van der Waals surface area contributed by atoms with Gasteiger partial charge in [0.2, 0.25) is 11.7 Å². The van der Waals surface area contributed by atoms with Gasteiger partial charge in [-0.1, -0.05) is 0 Å². The molecule has 1 aromatic heterocycles. The van der Waals surface area contributed by atoms with Crippen molar-refractivity contribution in [3.8, 4) is 17.2 Å². The molecule has 0 aliphatic carbocycles. The molecule has 0 saturated heterocycles. The number of aryl methyl sites for hydroxylation is 2. The maximum absolute atomic E-state index is 12.1. The molecule has 0 saturated carbocycles. The molecule has 1 heterocycles. The van der Waals surface area contributed by atoms with Gasteiger partial charge in [0.1, 0.15) is 0 Å². The first-order valence-corrected chi connectivity index (χ1v) is 7.29. The van der Waals surface area contributed by atoms with Gasteiger partial charge in [0, 0.05) is 43.2 Å². The fraction of sp³-hybridized carbons (Fsp3) is 0.353. The van der Waals surface area contributed by atoms with Gasteiger partial charge in [-0.05, 0) is 18.6 Å². The smallest absolute Gasteiger partial charge is 0.224 e. The summed E-state index contributed by atoms with van der Waals surface area (Å²) in [6.45, 7) is 0. The highest BCUT2D eigenvalue weighted by Gasteiger charge is 2.14. The van der Waals surface area contributed by atoms with E-state index in [0.717, 1.165) is 5.69 Å². The number of amides is 1. The number of aromatic nitrogens is 1. The lowest BCUT2D eigenvalue weighted by Gasteiger charge is -2.14. The molecule has 0 bridgehead atoms. The van der Waals surface area contributed by atoms with Crippen LogP contribution in [0, 0.1) is 0 Å². The highest BCUT2D eigenvalue weighted by atomic mass is 16.5. The highest BCUT2D eigenvalue weighted by molar-refractivity contribution is 5.91. The zero-order valence-electron chi connectivity index (χ0n) is 13.9. The molecule has 0 aliphatic rings. The van der Waals surface area contributed by atoms with Crippen LogP contribution in [0.4, 0.5) is 5.69 Å². The number of benzene rings is 1. The molecule has 0 spiro atoms. The van der Waals surface area contributed by atoms with Gasteiger partial charge < -0.3 is 24.1 Å². The Balaban J connectivity index is 2.07. The molecule has 0 aliphatic heterocycles. The van der Waals surface area contributed by atoms with E-state index in [9.17, 15) is 4.79 Å². The maximum Gasteiger partial charge on any atom is 0.224 e. The van der Waals surface area contributed by atoms with Crippen LogP contribution < -0.4 is 19.5 Å². The van der Waals surface area contributed by atoms with E-state index in [0.29, 0.717) is 35.8 Å². The van der Waals surface area contributed by atoms with Crippen molar-refractivity contribution in [2.24, 2.45) is 7.05 Å². The minimum atomic E-state index is -0.0690. The van der Waals surface area contributed by atoms with Crippen molar-refractivity contribution in [3.05, 3.63) is 36.2 Å². The molecule has 0 unspecified atom stereocenters. The standard InChI is InChI=1S/C17H22N2O4/c1-19-9-5-6-13(19)7-8-16(20)18-12-10-14(21-2)17(23-4)15(11-12)22-3/h5-6,9-11H,7-8H2,1-4H3,(H,18,20). The first-order valence-electron chi connectivity index (χ1n) is 7.29. The number of rotatable bonds is 7. The third-order valence-corrected chi connectivity index (χ3v) is 3.61. The largest absolute Gasteiger partial charge is 0.493 e. The number of carbonyl (C=O) groups excluding carboxylic acids is 1. The van der Waals surface area contributed by atoms with Gasteiger partial charge in [0.05, 0.1) is 21.3 Å². The highest BCUT2D eigenvalue weighted by Crippen LogP contribution is 2.39. The summed E-state index contributed by atoms with van der Waals surface area (Å²) in [6.07, 6.45) is 3.04. The average Bonchev–Trinajstić information content (AvgIpc) is 2.97. The molecule has 1 aromatic carbocycles. The fourth-order valence-electron chi connectivity index (χ4n) is 2.37. The minimum Gasteiger partial charge on any atom is -0.493 e. The van der Waals surface area contributed by atoms with E-state index >= 15 is 0 Å². The molecule has 23 heavy (non-hydrogen) atoms. The Kier molecular flexibility index (Phi) is 5.51. The number of ether oxygens (including phenoxy) is 3. The number of carbonyl (C=O) groups is 1. The van der Waals surface area contributed by atoms with Crippen LogP contribution in [0.5, 0.6) is 17.2 Å². The number of methoxy groups -OCH3 is 3. The molecule has 0 atom stereocenters. The summed E-state index contributed by atoms with van der Waals surface area (Å²) in [7, 11) is 6.58. The van der Waals surface area contributed by atoms with Crippen molar-refractivity contribution in [1.29, 1.82) is 0 Å². The van der Waals surface area contributed by atoms with Gasteiger partial charge in [0.15, 0.2) is 11.5 Å². The van der Waals surface area contributed by atoms with E-state index in [2.05, 4.69) is 5.32 Å². The molecule has 6 nitrogen and oxygen atoms in total. The summed E-state index contributed by atoms with van der Waals surface area (Å²) in [5, 5.41) is 2.86. The summed E-state index contributed by atoms with van der Waals surface area (Å²) >= 11 is 0. The average molecular weight is 318 g/mol. The summed E-state index contributed by atoms with van der Waals surface area (Å²) in [4.78, 5) is 12.1. The molecular formula is C17H22N2O4. The maximum atomic E-state index is 12.1. The van der Waals surface area contributed by atoms with E-state index in [1.807, 2.05) is 29.9 Å². The molecule has 6 heteroatoms. The molecule has 1 amide bonds. The first-order chi connectivity index (χ1) is 11.1. The zero-order valence-corrected chi connectivity index (χ0v) is 13.9. The summed E-state index contributed by atoms with van der Waals surface area (Å²) in [5.74, 6) is 1.44. The lowest BCUT2D eigenvalue weighted by molar-refractivity contribution is -0.116. The van der Waals surface area contributed by atoms with Crippen molar-refractivity contribution >= 4 is 11.6 Å². The Morgan fingerprint density at radius 1 is 1.13 bits per heavy atom. The number of nitrogens with zero attached hydrogens (tertiary/aromatic N) is 1. The third kappa shape index (κ3) is 3.97. The van der Waals surface area contributed by atoms with E-state index in [1.54, 1.807) is 19.2 Å². The van der Waals surface area contributed by atoms with Gasteiger partial charge in [-0.15, -0.1) is 0 Å². The molecular weight excluding hydrogens is 296 g/mol. The van der Waals surface area contributed by atoms with Gasteiger partial charge >= 0.3 is 0 Å². The summed E-state index contributed by atoms with van der Waals surface area (Å²) < 4.78 is 17.8. The Hall–Kier alpha value is -2.63. The van der Waals surface area contributed by atoms with Gasteiger partial charge in [-0.3, -0.25) is 4.79 Å². The number of hydrogen-bond acceptors (Lipinski definition) is 4. The third-order valence-electron chi connectivity index (χ3n) is 3.61. The van der Waals surface area contributed by atoms with Crippen molar-refractivity contribution in [1.82, 2.24) is 4.57 Å². The molecule has 0 fully saturated rings. The number of anilines is 1. The van der Waals surface area contributed by atoms with E-state index in [1.165, 1.54) is 14.2 Å². The Morgan fingerprint density at radius 2 is 1.78 bits per heavy atom. The second-order valence-electron chi connectivity index (χ2n) is 5.07. The zero-order chi connectivity index (χ0) is 16.8. The molecule has 124 valence electrons. The van der Waals surface area contributed by atoms with E-state index < -0.39 is 0 Å². The Labute approximate surface area is 136 Å². The van der Waals surface area contributed by atoms with Crippen LogP contribution in [0.2, 0.25) is 0 Å². The van der Waals surface area contributed by atoms with Gasteiger partial charge in [-0.25, -0.2) is 0 Å².